The van der Waals surface area contributed by atoms with Crippen molar-refractivity contribution in [3.05, 3.63) is 0 Å². The molecule has 0 aliphatic rings. The highest BCUT2D eigenvalue weighted by Crippen LogP contribution is 2.16. The number of hydrogen-bond acceptors (Lipinski definition) is 2. The van der Waals surface area contributed by atoms with Gasteiger partial charge in [0.25, 0.3) is 0 Å². The second-order valence-corrected chi connectivity index (χ2v) is 7.40. The van der Waals surface area contributed by atoms with Crippen LogP contribution >= 0.6 is 11.6 Å². The Labute approximate surface area is 156 Å². The summed E-state index contributed by atoms with van der Waals surface area (Å²) in [5.41, 5.74) is 0. The third-order valence-corrected chi connectivity index (χ3v) is 4.82. The van der Waals surface area contributed by atoms with Crippen LogP contribution in [-0.4, -0.2) is 18.0 Å². The van der Waals surface area contributed by atoms with Gasteiger partial charge < -0.3 is 4.74 Å². The summed E-state index contributed by atoms with van der Waals surface area (Å²) < 4.78 is 5.64. The number of carbonyl (C=O) groups is 1. The number of halogens is 1. The second kappa shape index (κ2) is 19.1. The van der Waals surface area contributed by atoms with E-state index in [0.717, 1.165) is 32.1 Å². The zero-order valence-corrected chi connectivity index (χ0v) is 17.0. The third kappa shape index (κ3) is 16.6. The van der Waals surface area contributed by atoms with E-state index in [0.29, 0.717) is 12.3 Å². The lowest BCUT2D eigenvalue weighted by Gasteiger charge is -2.17. The quantitative estimate of drug-likeness (QED) is 0.144. The molecule has 0 saturated carbocycles. The van der Waals surface area contributed by atoms with Crippen molar-refractivity contribution in [1.29, 1.82) is 0 Å². The smallest absolute Gasteiger partial charge is 0.306 e. The van der Waals surface area contributed by atoms with E-state index in [1.807, 2.05) is 0 Å². The van der Waals surface area contributed by atoms with Crippen molar-refractivity contribution in [3.8, 4) is 0 Å². The molecule has 0 N–H and O–H groups in total. The van der Waals surface area contributed by atoms with Crippen LogP contribution < -0.4 is 0 Å². The van der Waals surface area contributed by atoms with Gasteiger partial charge in [0.15, 0.2) is 0 Å². The van der Waals surface area contributed by atoms with E-state index in [9.17, 15) is 4.79 Å². The van der Waals surface area contributed by atoms with Crippen molar-refractivity contribution in [1.82, 2.24) is 0 Å². The third-order valence-electron chi connectivity index (χ3n) is 4.55. The SMILES string of the molecule is CCCCCCCCCCCCC(CCC)OC(=O)CCCCCl. The zero-order valence-electron chi connectivity index (χ0n) is 16.3. The van der Waals surface area contributed by atoms with E-state index in [4.69, 9.17) is 16.3 Å². The molecular weight excluding hydrogens is 320 g/mol. The molecule has 0 saturated heterocycles. The lowest BCUT2D eigenvalue weighted by atomic mass is 10.0. The minimum Gasteiger partial charge on any atom is -0.462 e. The molecule has 1 unspecified atom stereocenters. The van der Waals surface area contributed by atoms with Crippen molar-refractivity contribution in [3.63, 3.8) is 0 Å². The minimum atomic E-state index is -0.0364. The predicted molar refractivity (Wildman–Crippen MR) is 106 cm³/mol. The first-order valence-electron chi connectivity index (χ1n) is 10.5. The Kier molecular flexibility index (Phi) is 18.9. The molecule has 0 heterocycles. The molecule has 0 aromatic rings. The molecule has 0 aromatic carbocycles. The van der Waals surface area contributed by atoms with E-state index >= 15 is 0 Å². The van der Waals surface area contributed by atoms with Gasteiger partial charge >= 0.3 is 5.97 Å². The number of ether oxygens (including phenoxy) is 1. The van der Waals surface area contributed by atoms with Gasteiger partial charge in [-0.3, -0.25) is 4.79 Å². The van der Waals surface area contributed by atoms with E-state index in [2.05, 4.69) is 13.8 Å². The molecule has 3 heteroatoms. The van der Waals surface area contributed by atoms with Gasteiger partial charge in [-0.25, -0.2) is 0 Å². The van der Waals surface area contributed by atoms with Crippen LogP contribution in [0.5, 0.6) is 0 Å². The summed E-state index contributed by atoms with van der Waals surface area (Å²) in [7, 11) is 0. The number of unbranched alkanes of at least 4 members (excludes halogenated alkanes) is 10. The van der Waals surface area contributed by atoms with Crippen LogP contribution in [0.15, 0.2) is 0 Å². The summed E-state index contributed by atoms with van der Waals surface area (Å²) in [6, 6.07) is 0. The topological polar surface area (TPSA) is 26.3 Å². The molecule has 0 aliphatic carbocycles. The lowest BCUT2D eigenvalue weighted by Crippen LogP contribution is -2.18. The molecule has 0 rings (SSSR count). The summed E-state index contributed by atoms with van der Waals surface area (Å²) in [5, 5.41) is 0. The Bertz CT molecular complexity index is 269. The van der Waals surface area contributed by atoms with Crippen LogP contribution in [-0.2, 0) is 9.53 Å². The summed E-state index contributed by atoms with van der Waals surface area (Å²) in [5.74, 6) is 0.593. The van der Waals surface area contributed by atoms with Crippen LogP contribution in [0.3, 0.4) is 0 Å². The Hall–Kier alpha value is -0.240. The summed E-state index contributed by atoms with van der Waals surface area (Å²) in [6.07, 6.45) is 19.0. The van der Waals surface area contributed by atoms with Gasteiger partial charge in [-0.2, -0.15) is 0 Å². The van der Waals surface area contributed by atoms with Crippen molar-refractivity contribution in [2.24, 2.45) is 0 Å². The molecular formula is C21H41ClO2. The Morgan fingerprint density at radius 2 is 1.33 bits per heavy atom. The fourth-order valence-corrected chi connectivity index (χ4v) is 3.24. The molecule has 0 bridgehead atoms. The Morgan fingerprint density at radius 1 is 0.750 bits per heavy atom. The van der Waals surface area contributed by atoms with Gasteiger partial charge in [-0.05, 0) is 32.1 Å². The van der Waals surface area contributed by atoms with Gasteiger partial charge in [-0.1, -0.05) is 78.1 Å². The molecule has 24 heavy (non-hydrogen) atoms. The number of carbonyl (C=O) groups excluding carboxylic acids is 1. The van der Waals surface area contributed by atoms with Crippen LogP contribution in [0.4, 0.5) is 0 Å². The molecule has 0 aromatic heterocycles. The van der Waals surface area contributed by atoms with Crippen molar-refractivity contribution >= 4 is 17.6 Å². The second-order valence-electron chi connectivity index (χ2n) is 7.02. The zero-order chi connectivity index (χ0) is 17.9. The summed E-state index contributed by atoms with van der Waals surface area (Å²) in [6.45, 7) is 4.43. The number of rotatable bonds is 18. The first-order chi connectivity index (χ1) is 11.7. The minimum absolute atomic E-state index is 0.0364. The van der Waals surface area contributed by atoms with Crippen molar-refractivity contribution < 1.29 is 9.53 Å². The van der Waals surface area contributed by atoms with Gasteiger partial charge in [0.1, 0.15) is 6.10 Å². The van der Waals surface area contributed by atoms with Crippen LogP contribution in [0.1, 0.15) is 117 Å². The maximum absolute atomic E-state index is 11.8. The lowest BCUT2D eigenvalue weighted by molar-refractivity contribution is -0.149. The van der Waals surface area contributed by atoms with Crippen LogP contribution in [0, 0.1) is 0 Å². The Morgan fingerprint density at radius 3 is 1.88 bits per heavy atom. The van der Waals surface area contributed by atoms with Gasteiger partial charge in [-0.15, -0.1) is 11.6 Å². The first kappa shape index (κ1) is 23.8. The summed E-state index contributed by atoms with van der Waals surface area (Å²) in [4.78, 5) is 11.8. The van der Waals surface area contributed by atoms with E-state index < -0.39 is 0 Å². The van der Waals surface area contributed by atoms with Crippen LogP contribution in [0.25, 0.3) is 0 Å². The average molecular weight is 361 g/mol. The molecule has 2 nitrogen and oxygen atoms in total. The summed E-state index contributed by atoms with van der Waals surface area (Å²) >= 11 is 5.64. The molecule has 1 atom stereocenters. The highest BCUT2D eigenvalue weighted by atomic mass is 35.5. The number of hydrogen-bond donors (Lipinski definition) is 0. The number of esters is 1. The van der Waals surface area contributed by atoms with E-state index in [1.165, 1.54) is 64.2 Å². The fraction of sp³-hybridized carbons (Fsp3) is 0.952. The van der Waals surface area contributed by atoms with Crippen molar-refractivity contribution in [2.75, 3.05) is 5.88 Å². The maximum atomic E-state index is 11.8. The molecule has 0 fully saturated rings. The van der Waals surface area contributed by atoms with Gasteiger partial charge in [0.2, 0.25) is 0 Å². The normalized spacial score (nSPS) is 12.3. The monoisotopic (exact) mass is 360 g/mol. The maximum Gasteiger partial charge on any atom is 0.306 e. The largest absolute Gasteiger partial charge is 0.462 e. The van der Waals surface area contributed by atoms with Crippen LogP contribution in [0.2, 0.25) is 0 Å². The van der Waals surface area contributed by atoms with E-state index in [1.54, 1.807) is 0 Å². The first-order valence-corrected chi connectivity index (χ1v) is 11.0. The highest BCUT2D eigenvalue weighted by Gasteiger charge is 2.13. The molecule has 0 amide bonds. The van der Waals surface area contributed by atoms with Crippen molar-refractivity contribution in [2.45, 2.75) is 123 Å². The van der Waals surface area contributed by atoms with E-state index in [-0.39, 0.29) is 12.1 Å². The van der Waals surface area contributed by atoms with Gasteiger partial charge in [0.05, 0.1) is 0 Å². The molecule has 0 spiro atoms. The molecule has 0 radical (unpaired) electrons. The standard InChI is InChI=1S/C21H41ClO2/c1-3-5-6-7-8-9-10-11-12-13-17-20(16-4-2)24-21(23)18-14-15-19-22/h20H,3-19H2,1-2H3. The highest BCUT2D eigenvalue weighted by molar-refractivity contribution is 6.17. The molecule has 0 aliphatic heterocycles. The average Bonchev–Trinajstić information content (AvgIpc) is 2.57. The fourth-order valence-electron chi connectivity index (χ4n) is 3.05. The predicted octanol–water partition coefficient (Wildman–Crippen LogP) is 7.42. The molecule has 144 valence electrons. The number of alkyl halides is 1. The van der Waals surface area contributed by atoms with Gasteiger partial charge in [0, 0.05) is 12.3 Å². The Balaban J connectivity index is 3.58.